The van der Waals surface area contributed by atoms with Crippen LogP contribution in [0.25, 0.3) is 0 Å². The number of hydrogen-bond acceptors (Lipinski definition) is 3. The molecule has 1 amide bonds. The maximum absolute atomic E-state index is 11.7. The van der Waals surface area contributed by atoms with Crippen molar-refractivity contribution in [1.82, 2.24) is 5.32 Å². The van der Waals surface area contributed by atoms with E-state index in [0.29, 0.717) is 0 Å². The fraction of sp³-hybridized carbons (Fsp3) is 0.846. The number of rotatable bonds is 3. The van der Waals surface area contributed by atoms with E-state index in [-0.39, 0.29) is 17.6 Å². The summed E-state index contributed by atoms with van der Waals surface area (Å²) in [5, 5.41) is 2.92. The molecule has 4 heteroatoms. The van der Waals surface area contributed by atoms with Crippen molar-refractivity contribution >= 4 is 11.7 Å². The number of carbonyl (C=O) groups is 1. The molecule has 96 valence electrons. The van der Waals surface area contributed by atoms with Crippen LogP contribution < -0.4 is 5.32 Å². The van der Waals surface area contributed by atoms with Gasteiger partial charge in [0.15, 0.2) is 0 Å². The van der Waals surface area contributed by atoms with E-state index in [1.165, 1.54) is 0 Å². The van der Waals surface area contributed by atoms with E-state index in [1.54, 1.807) is 7.11 Å². The van der Waals surface area contributed by atoms with Crippen molar-refractivity contribution < 1.29 is 9.53 Å². The van der Waals surface area contributed by atoms with Crippen LogP contribution in [0.1, 0.15) is 46.0 Å². The Hall–Kier alpha value is -0.900. The van der Waals surface area contributed by atoms with E-state index >= 15 is 0 Å². The van der Waals surface area contributed by atoms with Gasteiger partial charge in [-0.1, -0.05) is 13.8 Å². The number of hydrogen-bond donors (Lipinski definition) is 1. The fourth-order valence-electron chi connectivity index (χ4n) is 2.72. The first-order valence-electron chi connectivity index (χ1n) is 6.55. The predicted molar refractivity (Wildman–Crippen MR) is 67.0 cm³/mol. The van der Waals surface area contributed by atoms with Gasteiger partial charge in [0, 0.05) is 7.11 Å². The van der Waals surface area contributed by atoms with Crippen LogP contribution in [0, 0.1) is 5.92 Å². The van der Waals surface area contributed by atoms with E-state index in [4.69, 9.17) is 4.74 Å². The lowest BCUT2D eigenvalue weighted by Gasteiger charge is -2.37. The second-order valence-electron chi connectivity index (χ2n) is 5.27. The minimum atomic E-state index is -0.341. The van der Waals surface area contributed by atoms with Crippen LogP contribution in [-0.2, 0) is 9.53 Å². The summed E-state index contributed by atoms with van der Waals surface area (Å²) in [6.45, 7) is 4.25. The Kier molecular flexibility index (Phi) is 3.52. The van der Waals surface area contributed by atoms with Crippen LogP contribution in [-0.4, -0.2) is 30.5 Å². The molecule has 0 aromatic rings. The summed E-state index contributed by atoms with van der Waals surface area (Å²) in [5.41, 5.74) is -0.341. The van der Waals surface area contributed by atoms with Gasteiger partial charge in [0.2, 0.25) is 5.91 Å². The van der Waals surface area contributed by atoms with E-state index in [2.05, 4.69) is 17.2 Å². The summed E-state index contributed by atoms with van der Waals surface area (Å²) in [5.74, 6) is 1.54. The number of amidine groups is 1. The number of aliphatic imine (C=N–C) groups is 1. The lowest BCUT2D eigenvalue weighted by molar-refractivity contribution is -0.120. The number of methoxy groups -OCH3 is 1. The molecular weight excluding hydrogens is 216 g/mol. The second kappa shape index (κ2) is 4.77. The Morgan fingerprint density at radius 3 is 2.59 bits per heavy atom. The van der Waals surface area contributed by atoms with Crippen LogP contribution in [0.2, 0.25) is 0 Å². The van der Waals surface area contributed by atoms with Gasteiger partial charge in [-0.3, -0.25) is 9.79 Å². The highest BCUT2D eigenvalue weighted by molar-refractivity contribution is 6.09. The Labute approximate surface area is 103 Å². The molecule has 0 radical (unpaired) electrons. The fourth-order valence-corrected chi connectivity index (χ4v) is 2.72. The third-order valence-corrected chi connectivity index (χ3v) is 4.12. The molecular formula is C13H22N2O2. The van der Waals surface area contributed by atoms with Crippen molar-refractivity contribution in [3.8, 4) is 0 Å². The van der Waals surface area contributed by atoms with Crippen molar-refractivity contribution in [1.29, 1.82) is 0 Å². The SMILES string of the molecule is CCC1N=C(C2(OC)CCC(C)CC2)NC1=O. The zero-order valence-corrected chi connectivity index (χ0v) is 11.0. The first kappa shape index (κ1) is 12.6. The first-order valence-corrected chi connectivity index (χ1v) is 6.55. The van der Waals surface area contributed by atoms with Crippen molar-refractivity contribution in [3.05, 3.63) is 0 Å². The molecule has 1 fully saturated rings. The average molecular weight is 238 g/mol. The molecule has 0 saturated heterocycles. The highest BCUT2D eigenvalue weighted by Gasteiger charge is 2.43. The molecule has 0 spiro atoms. The third-order valence-electron chi connectivity index (χ3n) is 4.12. The summed E-state index contributed by atoms with van der Waals surface area (Å²) < 4.78 is 5.71. The van der Waals surface area contributed by atoms with Crippen LogP contribution in [0.4, 0.5) is 0 Å². The molecule has 4 nitrogen and oxygen atoms in total. The van der Waals surface area contributed by atoms with E-state index in [9.17, 15) is 4.79 Å². The van der Waals surface area contributed by atoms with Gasteiger partial charge in [-0.15, -0.1) is 0 Å². The summed E-state index contributed by atoms with van der Waals surface area (Å²) >= 11 is 0. The standard InChI is InChI=1S/C13H22N2O2/c1-4-10-11(16)15-12(14-10)13(17-3)7-5-9(2)6-8-13/h9-10H,4-8H2,1-3H3,(H,14,15,16). The molecule has 17 heavy (non-hydrogen) atoms. The maximum Gasteiger partial charge on any atom is 0.250 e. The van der Waals surface area contributed by atoms with Gasteiger partial charge in [0.25, 0.3) is 0 Å². The zero-order chi connectivity index (χ0) is 12.5. The number of nitrogens with zero attached hydrogens (tertiary/aromatic N) is 1. The van der Waals surface area contributed by atoms with Gasteiger partial charge in [-0.05, 0) is 38.0 Å². The Balaban J connectivity index is 2.16. The van der Waals surface area contributed by atoms with Gasteiger partial charge < -0.3 is 10.1 Å². The zero-order valence-electron chi connectivity index (χ0n) is 11.0. The maximum atomic E-state index is 11.7. The molecule has 2 rings (SSSR count). The number of amides is 1. The monoisotopic (exact) mass is 238 g/mol. The lowest BCUT2D eigenvalue weighted by Crippen LogP contribution is -2.49. The van der Waals surface area contributed by atoms with Crippen LogP contribution >= 0.6 is 0 Å². The number of carbonyl (C=O) groups excluding carboxylic acids is 1. The first-order chi connectivity index (χ1) is 8.11. The van der Waals surface area contributed by atoms with Crippen LogP contribution in [0.15, 0.2) is 4.99 Å². The minimum absolute atomic E-state index is 0.0255. The highest BCUT2D eigenvalue weighted by Crippen LogP contribution is 2.36. The van der Waals surface area contributed by atoms with E-state index in [1.807, 2.05) is 6.92 Å². The van der Waals surface area contributed by atoms with E-state index in [0.717, 1.165) is 43.9 Å². The largest absolute Gasteiger partial charge is 0.370 e. The molecule has 1 aliphatic carbocycles. The molecule has 1 heterocycles. The summed E-state index contributed by atoms with van der Waals surface area (Å²) in [4.78, 5) is 16.2. The summed E-state index contributed by atoms with van der Waals surface area (Å²) in [7, 11) is 1.73. The van der Waals surface area contributed by atoms with Crippen molar-refractivity contribution in [2.75, 3.05) is 7.11 Å². The molecule has 1 N–H and O–H groups in total. The van der Waals surface area contributed by atoms with Gasteiger partial charge in [-0.25, -0.2) is 0 Å². The van der Waals surface area contributed by atoms with Gasteiger partial charge >= 0.3 is 0 Å². The Bertz CT molecular complexity index is 330. The molecule has 1 atom stereocenters. The smallest absolute Gasteiger partial charge is 0.250 e. The Morgan fingerprint density at radius 2 is 2.12 bits per heavy atom. The molecule has 0 aromatic carbocycles. The lowest BCUT2D eigenvalue weighted by atomic mass is 9.78. The average Bonchev–Trinajstić information content (AvgIpc) is 2.72. The van der Waals surface area contributed by atoms with Crippen LogP contribution in [0.3, 0.4) is 0 Å². The molecule has 1 saturated carbocycles. The van der Waals surface area contributed by atoms with Crippen molar-refractivity contribution in [3.63, 3.8) is 0 Å². The van der Waals surface area contributed by atoms with Crippen molar-refractivity contribution in [2.24, 2.45) is 10.9 Å². The molecule has 0 aromatic heterocycles. The summed E-state index contributed by atoms with van der Waals surface area (Å²) in [6.07, 6.45) is 4.95. The molecule has 1 unspecified atom stereocenters. The molecule has 2 aliphatic rings. The normalized spacial score (nSPS) is 37.8. The minimum Gasteiger partial charge on any atom is -0.370 e. The van der Waals surface area contributed by atoms with Crippen LogP contribution in [0.5, 0.6) is 0 Å². The topological polar surface area (TPSA) is 50.7 Å². The Morgan fingerprint density at radius 1 is 1.47 bits per heavy atom. The highest BCUT2D eigenvalue weighted by atomic mass is 16.5. The predicted octanol–water partition coefficient (Wildman–Crippen LogP) is 1.89. The van der Waals surface area contributed by atoms with Gasteiger partial charge in [0.05, 0.1) is 0 Å². The van der Waals surface area contributed by atoms with E-state index < -0.39 is 0 Å². The van der Waals surface area contributed by atoms with Crippen molar-refractivity contribution in [2.45, 2.75) is 57.6 Å². The summed E-state index contributed by atoms with van der Waals surface area (Å²) in [6, 6.07) is -0.212. The molecule has 1 aliphatic heterocycles. The number of ether oxygens (including phenoxy) is 1. The third kappa shape index (κ3) is 2.23. The number of nitrogens with one attached hydrogen (secondary N) is 1. The second-order valence-corrected chi connectivity index (χ2v) is 5.27. The van der Waals surface area contributed by atoms with Gasteiger partial charge in [-0.2, -0.15) is 0 Å². The molecule has 0 bridgehead atoms. The van der Waals surface area contributed by atoms with Gasteiger partial charge in [0.1, 0.15) is 17.5 Å². The quantitative estimate of drug-likeness (QED) is 0.816.